The number of amides is 2. The first kappa shape index (κ1) is 17.9. The van der Waals surface area contributed by atoms with Crippen molar-refractivity contribution in [3.63, 3.8) is 0 Å². The smallest absolute Gasteiger partial charge is 0.273 e. The van der Waals surface area contributed by atoms with Crippen molar-refractivity contribution in [2.45, 2.75) is 32.2 Å². The molecule has 1 aromatic heterocycles. The van der Waals surface area contributed by atoms with E-state index in [0.29, 0.717) is 25.2 Å². The summed E-state index contributed by atoms with van der Waals surface area (Å²) in [6, 6.07) is 0.109. The Balaban J connectivity index is 0.00000220. The molecular weight excluding hydrogens is 312 g/mol. The maximum Gasteiger partial charge on any atom is 0.273 e. The molecule has 0 spiro atoms. The SMILES string of the molecule is CC1CCC(C(N)=O)CN1C(=O)c1csc(CCN)n1.Cl. The number of thiazole rings is 1. The molecule has 2 amide bonds. The largest absolute Gasteiger partial charge is 0.369 e. The van der Waals surface area contributed by atoms with Crippen LogP contribution in [0, 0.1) is 5.92 Å². The van der Waals surface area contributed by atoms with Gasteiger partial charge in [-0.15, -0.1) is 23.7 Å². The van der Waals surface area contributed by atoms with Crippen molar-refractivity contribution >= 4 is 35.6 Å². The molecule has 2 rings (SSSR count). The van der Waals surface area contributed by atoms with Gasteiger partial charge in [-0.05, 0) is 26.3 Å². The normalized spacial score (nSPS) is 21.7. The highest BCUT2D eigenvalue weighted by Crippen LogP contribution is 2.24. The van der Waals surface area contributed by atoms with Gasteiger partial charge in [-0.2, -0.15) is 0 Å². The summed E-state index contributed by atoms with van der Waals surface area (Å²) in [7, 11) is 0. The highest BCUT2D eigenvalue weighted by Gasteiger charge is 2.32. The predicted octanol–water partition coefficient (Wildman–Crippen LogP) is 0.792. The minimum absolute atomic E-state index is 0. The second-order valence-electron chi connectivity index (χ2n) is 5.15. The average Bonchev–Trinajstić information content (AvgIpc) is 2.87. The number of aromatic nitrogens is 1. The molecule has 118 valence electrons. The standard InChI is InChI=1S/C13H20N4O2S.ClH/c1-8-2-3-9(12(15)18)6-17(8)13(19)10-7-20-11(16-10)4-5-14;/h7-9H,2-6,14H2,1H3,(H2,15,18);1H. The molecule has 0 saturated carbocycles. The van der Waals surface area contributed by atoms with Crippen LogP contribution in [0.3, 0.4) is 0 Å². The van der Waals surface area contributed by atoms with Gasteiger partial charge in [0.2, 0.25) is 5.91 Å². The van der Waals surface area contributed by atoms with E-state index in [1.807, 2.05) is 6.92 Å². The maximum absolute atomic E-state index is 12.5. The summed E-state index contributed by atoms with van der Waals surface area (Å²) in [6.07, 6.45) is 2.21. The molecule has 6 nitrogen and oxygen atoms in total. The Morgan fingerprint density at radius 2 is 2.19 bits per heavy atom. The summed E-state index contributed by atoms with van der Waals surface area (Å²) in [6.45, 7) is 2.90. The maximum atomic E-state index is 12.5. The minimum Gasteiger partial charge on any atom is -0.369 e. The van der Waals surface area contributed by atoms with Crippen LogP contribution in [0.2, 0.25) is 0 Å². The van der Waals surface area contributed by atoms with Gasteiger partial charge >= 0.3 is 0 Å². The van der Waals surface area contributed by atoms with Crippen LogP contribution in [0.4, 0.5) is 0 Å². The molecule has 1 fully saturated rings. The van der Waals surface area contributed by atoms with E-state index in [4.69, 9.17) is 11.5 Å². The number of halogens is 1. The minimum atomic E-state index is -0.336. The Kier molecular flexibility index (Phi) is 6.57. The Bertz CT molecular complexity index is 508. The summed E-state index contributed by atoms with van der Waals surface area (Å²) >= 11 is 1.44. The van der Waals surface area contributed by atoms with E-state index in [1.165, 1.54) is 11.3 Å². The summed E-state index contributed by atoms with van der Waals surface area (Å²) in [5.41, 5.74) is 11.3. The zero-order valence-electron chi connectivity index (χ0n) is 11.9. The van der Waals surface area contributed by atoms with E-state index in [2.05, 4.69) is 4.98 Å². The summed E-state index contributed by atoms with van der Waals surface area (Å²) < 4.78 is 0. The van der Waals surface area contributed by atoms with E-state index < -0.39 is 0 Å². The Morgan fingerprint density at radius 3 is 2.81 bits per heavy atom. The molecule has 8 heteroatoms. The van der Waals surface area contributed by atoms with E-state index in [0.717, 1.165) is 17.8 Å². The van der Waals surface area contributed by atoms with Crippen molar-refractivity contribution in [2.24, 2.45) is 17.4 Å². The van der Waals surface area contributed by atoms with Gasteiger partial charge in [0.15, 0.2) is 0 Å². The Morgan fingerprint density at radius 1 is 1.48 bits per heavy atom. The summed E-state index contributed by atoms with van der Waals surface area (Å²) in [5, 5.41) is 2.63. The molecule has 0 radical (unpaired) electrons. The third kappa shape index (κ3) is 4.15. The van der Waals surface area contributed by atoms with Crippen LogP contribution in [0.15, 0.2) is 5.38 Å². The number of hydrogen-bond acceptors (Lipinski definition) is 5. The lowest BCUT2D eigenvalue weighted by Gasteiger charge is -2.36. The first-order valence-electron chi connectivity index (χ1n) is 6.77. The number of carbonyl (C=O) groups is 2. The van der Waals surface area contributed by atoms with Crippen molar-refractivity contribution in [3.8, 4) is 0 Å². The lowest BCUT2D eigenvalue weighted by Crippen LogP contribution is -2.48. The van der Waals surface area contributed by atoms with Crippen molar-refractivity contribution in [3.05, 3.63) is 16.1 Å². The molecule has 21 heavy (non-hydrogen) atoms. The van der Waals surface area contributed by atoms with Gasteiger partial charge in [0, 0.05) is 24.4 Å². The van der Waals surface area contributed by atoms with Gasteiger partial charge in [-0.3, -0.25) is 9.59 Å². The van der Waals surface area contributed by atoms with Crippen LogP contribution in [0.1, 0.15) is 35.3 Å². The number of hydrogen-bond donors (Lipinski definition) is 2. The van der Waals surface area contributed by atoms with Crippen LogP contribution in [-0.4, -0.2) is 40.8 Å². The molecule has 0 aliphatic carbocycles. The summed E-state index contributed by atoms with van der Waals surface area (Å²) in [5.74, 6) is -0.711. The van der Waals surface area contributed by atoms with E-state index in [9.17, 15) is 9.59 Å². The van der Waals surface area contributed by atoms with E-state index >= 15 is 0 Å². The van der Waals surface area contributed by atoms with Crippen LogP contribution in [-0.2, 0) is 11.2 Å². The molecule has 1 aromatic rings. The fourth-order valence-corrected chi connectivity index (χ4v) is 3.20. The number of carbonyl (C=O) groups excluding carboxylic acids is 2. The molecule has 2 atom stereocenters. The molecule has 1 saturated heterocycles. The zero-order valence-corrected chi connectivity index (χ0v) is 13.6. The molecule has 1 aliphatic heterocycles. The number of nitrogens with zero attached hydrogens (tertiary/aromatic N) is 2. The number of primary amides is 1. The van der Waals surface area contributed by atoms with Gasteiger partial charge in [0.05, 0.1) is 10.9 Å². The monoisotopic (exact) mass is 332 g/mol. The number of rotatable bonds is 4. The van der Waals surface area contributed by atoms with Crippen LogP contribution >= 0.6 is 23.7 Å². The van der Waals surface area contributed by atoms with Gasteiger partial charge in [0.25, 0.3) is 5.91 Å². The van der Waals surface area contributed by atoms with E-state index in [1.54, 1.807) is 10.3 Å². The van der Waals surface area contributed by atoms with Crippen LogP contribution < -0.4 is 11.5 Å². The fourth-order valence-electron chi connectivity index (χ4n) is 2.42. The molecular formula is C13H21ClN4O2S. The molecule has 2 heterocycles. The fraction of sp³-hybridized carbons (Fsp3) is 0.615. The highest BCUT2D eigenvalue weighted by molar-refractivity contribution is 7.09. The topological polar surface area (TPSA) is 102 Å². The van der Waals surface area contributed by atoms with Crippen LogP contribution in [0.25, 0.3) is 0 Å². The summed E-state index contributed by atoms with van der Waals surface area (Å²) in [4.78, 5) is 29.8. The molecule has 1 aliphatic rings. The third-order valence-corrected chi connectivity index (χ3v) is 4.58. The number of piperidine rings is 1. The second kappa shape index (κ2) is 7.72. The van der Waals surface area contributed by atoms with Gasteiger partial charge in [0.1, 0.15) is 5.69 Å². The molecule has 2 unspecified atom stereocenters. The number of nitrogens with two attached hydrogens (primary N) is 2. The van der Waals surface area contributed by atoms with Crippen molar-refractivity contribution in [2.75, 3.05) is 13.1 Å². The van der Waals surface area contributed by atoms with Crippen molar-refractivity contribution < 1.29 is 9.59 Å². The molecule has 0 aromatic carbocycles. The molecule has 0 bridgehead atoms. The zero-order chi connectivity index (χ0) is 14.7. The first-order valence-corrected chi connectivity index (χ1v) is 7.65. The van der Waals surface area contributed by atoms with Crippen molar-refractivity contribution in [1.82, 2.24) is 9.88 Å². The van der Waals surface area contributed by atoms with Crippen LogP contribution in [0.5, 0.6) is 0 Å². The highest BCUT2D eigenvalue weighted by atomic mass is 35.5. The van der Waals surface area contributed by atoms with E-state index in [-0.39, 0.29) is 36.2 Å². The Labute approximate surface area is 134 Å². The lowest BCUT2D eigenvalue weighted by molar-refractivity contribution is -0.123. The number of likely N-dealkylation sites (tertiary alicyclic amines) is 1. The Hall–Kier alpha value is -1.18. The predicted molar refractivity (Wildman–Crippen MR) is 84.5 cm³/mol. The average molecular weight is 333 g/mol. The van der Waals surface area contributed by atoms with Gasteiger partial charge < -0.3 is 16.4 Å². The third-order valence-electron chi connectivity index (χ3n) is 3.67. The van der Waals surface area contributed by atoms with Gasteiger partial charge in [-0.25, -0.2) is 4.98 Å². The second-order valence-corrected chi connectivity index (χ2v) is 6.09. The van der Waals surface area contributed by atoms with Gasteiger partial charge in [-0.1, -0.05) is 0 Å². The first-order chi connectivity index (χ1) is 9.52. The lowest BCUT2D eigenvalue weighted by atomic mass is 9.93. The van der Waals surface area contributed by atoms with Crippen molar-refractivity contribution in [1.29, 1.82) is 0 Å². The molecule has 4 N–H and O–H groups in total. The quantitative estimate of drug-likeness (QED) is 0.850.